The molecule has 24 heavy (non-hydrogen) atoms. The highest BCUT2D eigenvalue weighted by molar-refractivity contribution is 7.92. The van der Waals surface area contributed by atoms with Gasteiger partial charge >= 0.3 is 5.97 Å². The molecule has 0 bridgehead atoms. The van der Waals surface area contributed by atoms with E-state index in [1.54, 1.807) is 36.4 Å². The average Bonchev–Trinajstić information content (AvgIpc) is 3.17. The van der Waals surface area contributed by atoms with Crippen molar-refractivity contribution in [2.24, 2.45) is 5.73 Å². The molecular formula is C17H16ClNO4S. The maximum atomic E-state index is 12.9. The lowest BCUT2D eigenvalue weighted by molar-refractivity contribution is -0.139. The summed E-state index contributed by atoms with van der Waals surface area (Å²) in [5, 5.41) is 8.77. The Kier molecular flexibility index (Phi) is 3.94. The van der Waals surface area contributed by atoms with E-state index in [0.717, 1.165) is 5.56 Å². The van der Waals surface area contributed by atoms with Crippen molar-refractivity contribution in [2.45, 2.75) is 28.5 Å². The van der Waals surface area contributed by atoms with Gasteiger partial charge in [0.05, 0.1) is 4.90 Å². The van der Waals surface area contributed by atoms with Crippen LogP contribution in [0.4, 0.5) is 0 Å². The number of sulfone groups is 1. The van der Waals surface area contributed by atoms with Gasteiger partial charge in [-0.3, -0.25) is 4.79 Å². The zero-order valence-electron chi connectivity index (χ0n) is 12.8. The summed E-state index contributed by atoms with van der Waals surface area (Å²) in [5.74, 6) is -2.15. The van der Waals surface area contributed by atoms with Crippen molar-refractivity contribution < 1.29 is 18.3 Å². The Bertz CT molecular complexity index is 893. The third kappa shape index (κ3) is 2.51. The van der Waals surface area contributed by atoms with E-state index < -0.39 is 32.5 Å². The van der Waals surface area contributed by atoms with Gasteiger partial charge in [0.15, 0.2) is 9.84 Å². The molecule has 1 fully saturated rings. The highest BCUT2D eigenvalue weighted by Crippen LogP contribution is 2.55. The summed E-state index contributed by atoms with van der Waals surface area (Å²) in [6.07, 6.45) is 0. The van der Waals surface area contributed by atoms with E-state index in [4.69, 9.17) is 17.3 Å². The average molecular weight is 366 g/mol. The molecular weight excluding hydrogens is 350 g/mol. The molecule has 0 heterocycles. The highest BCUT2D eigenvalue weighted by atomic mass is 35.5. The van der Waals surface area contributed by atoms with Crippen LogP contribution in [-0.4, -0.2) is 30.3 Å². The van der Waals surface area contributed by atoms with Crippen LogP contribution in [0, 0.1) is 6.92 Å². The normalized spacial score (nSPS) is 26.1. The molecule has 0 aromatic heterocycles. The molecule has 3 N–H and O–H groups in total. The Morgan fingerprint density at radius 3 is 2.17 bits per heavy atom. The van der Waals surface area contributed by atoms with Crippen LogP contribution in [0.5, 0.6) is 0 Å². The zero-order chi connectivity index (χ0) is 17.7. The standard InChI is InChI=1S/C17H16ClNO4S/c1-10-2-8-13(9-3-10)24(22,23)15-14(17(15,19)16(20)21)11-4-6-12(18)7-5-11/h2-9,14-15H,19H2,1H3,(H,20,21)/t14-,15+,17+/m1/s1. The van der Waals surface area contributed by atoms with E-state index in [1.807, 2.05) is 6.92 Å². The summed E-state index contributed by atoms with van der Waals surface area (Å²) in [7, 11) is -3.88. The minimum Gasteiger partial charge on any atom is -0.480 e. The van der Waals surface area contributed by atoms with E-state index in [9.17, 15) is 18.3 Å². The summed E-state index contributed by atoms with van der Waals surface area (Å²) < 4.78 is 25.8. The van der Waals surface area contributed by atoms with Crippen LogP contribution in [0.1, 0.15) is 17.0 Å². The number of halogens is 1. The summed E-state index contributed by atoms with van der Waals surface area (Å²) in [6, 6.07) is 12.7. The molecule has 0 amide bonds. The van der Waals surface area contributed by atoms with E-state index in [1.165, 1.54) is 12.1 Å². The third-order valence-corrected chi connectivity index (χ3v) is 6.97. The fourth-order valence-corrected chi connectivity index (χ4v) is 5.42. The van der Waals surface area contributed by atoms with E-state index >= 15 is 0 Å². The van der Waals surface area contributed by atoms with Gasteiger partial charge in [-0.15, -0.1) is 0 Å². The maximum absolute atomic E-state index is 12.9. The number of carboxylic acids is 1. The van der Waals surface area contributed by atoms with Crippen LogP contribution in [0.3, 0.4) is 0 Å². The fraction of sp³-hybridized carbons (Fsp3) is 0.235. The van der Waals surface area contributed by atoms with Crippen LogP contribution < -0.4 is 5.73 Å². The first-order valence-electron chi connectivity index (χ1n) is 7.27. The topological polar surface area (TPSA) is 97.5 Å². The van der Waals surface area contributed by atoms with Gasteiger partial charge in [0.2, 0.25) is 0 Å². The SMILES string of the molecule is Cc1ccc(S(=O)(=O)[C@H]2[C@@H](c3ccc(Cl)cc3)[C@@]2(N)C(=O)O)cc1. The molecule has 5 nitrogen and oxygen atoms in total. The quantitative estimate of drug-likeness (QED) is 0.866. The second-order valence-corrected chi connectivity index (χ2v) is 8.55. The monoisotopic (exact) mass is 365 g/mol. The van der Waals surface area contributed by atoms with Crippen LogP contribution in [0.2, 0.25) is 5.02 Å². The number of carboxylic acid groups (broad SMARTS) is 1. The minimum absolute atomic E-state index is 0.0747. The van der Waals surface area contributed by atoms with Crippen molar-refractivity contribution in [2.75, 3.05) is 0 Å². The van der Waals surface area contributed by atoms with E-state index in [2.05, 4.69) is 0 Å². The van der Waals surface area contributed by atoms with E-state index in [-0.39, 0.29) is 4.90 Å². The van der Waals surface area contributed by atoms with Gasteiger partial charge in [-0.2, -0.15) is 0 Å². The number of hydrogen-bond donors (Lipinski definition) is 2. The van der Waals surface area contributed by atoms with Gasteiger partial charge in [0, 0.05) is 10.9 Å². The summed E-state index contributed by atoms with van der Waals surface area (Å²) in [6.45, 7) is 1.84. The van der Waals surface area contributed by atoms with Gasteiger partial charge in [0.1, 0.15) is 10.8 Å². The van der Waals surface area contributed by atoms with Crippen LogP contribution in [0.25, 0.3) is 0 Å². The molecule has 0 saturated heterocycles. The second-order valence-electron chi connectivity index (χ2n) is 6.05. The predicted octanol–water partition coefficient (Wildman–Crippen LogP) is 2.37. The number of benzene rings is 2. The van der Waals surface area contributed by atoms with Gasteiger partial charge in [0.25, 0.3) is 0 Å². The number of carbonyl (C=O) groups is 1. The van der Waals surface area contributed by atoms with Crippen LogP contribution in [-0.2, 0) is 14.6 Å². The molecule has 2 aromatic carbocycles. The molecule has 0 aliphatic heterocycles. The maximum Gasteiger partial charge on any atom is 0.325 e. The van der Waals surface area contributed by atoms with Gasteiger partial charge in [-0.1, -0.05) is 41.4 Å². The van der Waals surface area contributed by atoms with Crippen LogP contribution in [0.15, 0.2) is 53.4 Å². The van der Waals surface area contributed by atoms with Gasteiger partial charge in [-0.05, 0) is 36.8 Å². The zero-order valence-corrected chi connectivity index (χ0v) is 14.4. The fourth-order valence-electron chi connectivity index (χ4n) is 3.06. The van der Waals surface area contributed by atoms with Gasteiger partial charge < -0.3 is 10.8 Å². The number of aryl methyl sites for hydroxylation is 1. The smallest absolute Gasteiger partial charge is 0.325 e. The lowest BCUT2D eigenvalue weighted by Crippen LogP contribution is -2.39. The first-order chi connectivity index (χ1) is 11.2. The molecule has 1 aliphatic carbocycles. The Labute approximate surface area is 145 Å². The molecule has 1 saturated carbocycles. The summed E-state index contributed by atoms with van der Waals surface area (Å²) in [5.41, 5.74) is 5.60. The first kappa shape index (κ1) is 17.0. The molecule has 126 valence electrons. The number of aliphatic carboxylic acids is 1. The molecule has 3 atom stereocenters. The molecule has 0 unspecified atom stereocenters. The molecule has 2 aromatic rings. The molecule has 7 heteroatoms. The first-order valence-corrected chi connectivity index (χ1v) is 9.19. The Balaban J connectivity index is 2.06. The summed E-state index contributed by atoms with van der Waals surface area (Å²) >= 11 is 5.84. The molecule has 3 rings (SSSR count). The Morgan fingerprint density at radius 1 is 1.12 bits per heavy atom. The molecule has 1 aliphatic rings. The van der Waals surface area contributed by atoms with Crippen molar-refractivity contribution in [1.29, 1.82) is 0 Å². The lowest BCUT2D eigenvalue weighted by atomic mass is 10.1. The minimum atomic E-state index is -3.88. The van der Waals surface area contributed by atoms with Crippen LogP contribution >= 0.6 is 11.6 Å². The van der Waals surface area contributed by atoms with Crippen molar-refractivity contribution in [3.05, 3.63) is 64.7 Å². The lowest BCUT2D eigenvalue weighted by Gasteiger charge is -2.07. The van der Waals surface area contributed by atoms with Crippen molar-refractivity contribution in [1.82, 2.24) is 0 Å². The second kappa shape index (κ2) is 5.58. The molecule has 0 spiro atoms. The van der Waals surface area contributed by atoms with E-state index in [0.29, 0.717) is 10.6 Å². The van der Waals surface area contributed by atoms with Gasteiger partial charge in [-0.25, -0.2) is 8.42 Å². The Hall–Kier alpha value is -1.89. The van der Waals surface area contributed by atoms with Crippen molar-refractivity contribution in [3.8, 4) is 0 Å². The number of rotatable bonds is 4. The third-order valence-electron chi connectivity index (χ3n) is 4.46. The highest BCUT2D eigenvalue weighted by Gasteiger charge is 2.74. The molecule has 0 radical (unpaired) electrons. The Morgan fingerprint density at radius 2 is 1.67 bits per heavy atom. The summed E-state index contributed by atoms with van der Waals surface area (Å²) in [4.78, 5) is 11.7. The number of nitrogens with two attached hydrogens (primary N) is 1. The largest absolute Gasteiger partial charge is 0.480 e. The van der Waals surface area contributed by atoms with Crippen molar-refractivity contribution >= 4 is 27.4 Å². The predicted molar refractivity (Wildman–Crippen MR) is 90.9 cm³/mol. The number of hydrogen-bond acceptors (Lipinski definition) is 4. The van der Waals surface area contributed by atoms with Crippen molar-refractivity contribution in [3.63, 3.8) is 0 Å².